The molecule has 11 heteroatoms. The third kappa shape index (κ3) is 5.31. The summed E-state index contributed by atoms with van der Waals surface area (Å²) in [4.78, 5) is 20.7. The second-order valence-corrected chi connectivity index (χ2v) is 10.3. The van der Waals surface area contributed by atoms with Crippen molar-refractivity contribution in [2.75, 3.05) is 15.4 Å². The summed E-state index contributed by atoms with van der Waals surface area (Å²) in [5, 5.41) is 6.42. The van der Waals surface area contributed by atoms with E-state index < -0.39 is 15.8 Å². The third-order valence-electron chi connectivity index (χ3n) is 5.64. The number of anilines is 5. The molecule has 0 aliphatic heterocycles. The molecule has 0 bridgehead atoms. The van der Waals surface area contributed by atoms with Crippen LogP contribution in [0.15, 0.2) is 86.9 Å². The number of hydrogen-bond acceptors (Lipinski definition) is 8. The highest BCUT2D eigenvalue weighted by atomic mass is 32.2. The second-order valence-electron chi connectivity index (χ2n) is 8.57. The minimum absolute atomic E-state index is 0.0173. The molecule has 2 aromatic heterocycles. The van der Waals surface area contributed by atoms with Crippen molar-refractivity contribution in [3.05, 3.63) is 94.6 Å². The van der Waals surface area contributed by atoms with Gasteiger partial charge in [0.2, 0.25) is 5.95 Å². The largest absolute Gasteiger partial charge is 0.419 e. The van der Waals surface area contributed by atoms with Crippen LogP contribution in [0.1, 0.15) is 11.3 Å². The molecule has 10 nitrogen and oxygen atoms in total. The zero-order valence-corrected chi connectivity index (χ0v) is 21.1. The number of rotatable bonds is 7. The predicted octanol–water partition coefficient (Wildman–Crippen LogP) is 4.83. The molecular weight excluding hydrogens is 492 g/mol. The molecule has 5 rings (SSSR count). The van der Waals surface area contributed by atoms with E-state index in [9.17, 15) is 13.2 Å². The highest BCUT2D eigenvalue weighted by molar-refractivity contribution is 7.92. The van der Waals surface area contributed by atoms with E-state index in [0.717, 1.165) is 22.6 Å². The average Bonchev–Trinajstić information content (AvgIpc) is 3.14. The summed E-state index contributed by atoms with van der Waals surface area (Å²) in [5.41, 5.74) is 4.64. The van der Waals surface area contributed by atoms with Crippen LogP contribution in [-0.4, -0.2) is 23.0 Å². The van der Waals surface area contributed by atoms with Gasteiger partial charge in [-0.2, -0.15) is 4.98 Å². The van der Waals surface area contributed by atoms with Gasteiger partial charge >= 0.3 is 5.76 Å². The van der Waals surface area contributed by atoms with Gasteiger partial charge in [0.15, 0.2) is 5.58 Å². The third-order valence-corrected chi connectivity index (χ3v) is 7.02. The summed E-state index contributed by atoms with van der Waals surface area (Å²) in [6, 6.07) is 20.8. The maximum Gasteiger partial charge on any atom is 0.419 e. The fourth-order valence-corrected chi connectivity index (χ4v) is 4.79. The van der Waals surface area contributed by atoms with E-state index in [-0.39, 0.29) is 4.90 Å². The Kier molecular flexibility index (Phi) is 6.14. The fraction of sp³-hybridized carbons (Fsp3) is 0.115. The van der Waals surface area contributed by atoms with E-state index in [4.69, 9.17) is 4.42 Å². The summed E-state index contributed by atoms with van der Waals surface area (Å²) in [5.74, 6) is 0.495. The van der Waals surface area contributed by atoms with Gasteiger partial charge in [-0.15, -0.1) is 0 Å². The number of sulfonamides is 1. The predicted molar refractivity (Wildman–Crippen MR) is 143 cm³/mol. The van der Waals surface area contributed by atoms with Gasteiger partial charge in [0, 0.05) is 35.9 Å². The Labute approximate surface area is 213 Å². The smallest absolute Gasteiger partial charge is 0.408 e. The average molecular weight is 517 g/mol. The van der Waals surface area contributed by atoms with Crippen molar-refractivity contribution >= 4 is 50.0 Å². The molecule has 0 radical (unpaired) electrons. The van der Waals surface area contributed by atoms with Gasteiger partial charge in [0.1, 0.15) is 5.82 Å². The Morgan fingerprint density at radius 3 is 2.19 bits per heavy atom. The SMILES string of the molecule is Cc1ccc(Nc2nc(C)cc(Nc3ccc(NS(=O)(=O)c4ccc5oc(=O)n(C)c5c4)cc3)n2)cc1. The normalized spacial score (nSPS) is 11.4. The number of aromatic nitrogens is 3. The number of fused-ring (bicyclic) bond motifs is 1. The van der Waals surface area contributed by atoms with Crippen molar-refractivity contribution in [2.24, 2.45) is 7.05 Å². The second kappa shape index (κ2) is 9.43. The summed E-state index contributed by atoms with van der Waals surface area (Å²) < 4.78 is 34.7. The first-order valence-electron chi connectivity index (χ1n) is 11.4. The van der Waals surface area contributed by atoms with Crippen LogP contribution in [0, 0.1) is 13.8 Å². The Balaban J connectivity index is 1.30. The molecule has 37 heavy (non-hydrogen) atoms. The molecule has 0 atom stereocenters. The van der Waals surface area contributed by atoms with Crippen LogP contribution in [-0.2, 0) is 17.1 Å². The molecule has 0 unspecified atom stereocenters. The standard InChI is InChI=1S/C26H24N6O4S/c1-16-4-6-19(7-5-16)29-25-27-17(2)14-24(30-25)28-18-8-10-20(11-9-18)31-37(34,35)21-12-13-23-22(15-21)32(3)26(33)36-23/h4-15,31H,1-3H3,(H2,27,28,29,30). The number of nitrogens with zero attached hydrogens (tertiary/aromatic N) is 3. The zero-order chi connectivity index (χ0) is 26.2. The van der Waals surface area contributed by atoms with E-state index in [1.165, 1.54) is 29.8 Å². The number of nitrogens with one attached hydrogen (secondary N) is 3. The number of benzene rings is 3. The lowest BCUT2D eigenvalue weighted by Crippen LogP contribution is -2.13. The van der Waals surface area contributed by atoms with Crippen molar-refractivity contribution in [2.45, 2.75) is 18.7 Å². The van der Waals surface area contributed by atoms with Crippen LogP contribution < -0.4 is 21.1 Å². The Morgan fingerprint density at radius 1 is 0.811 bits per heavy atom. The van der Waals surface area contributed by atoms with Crippen LogP contribution in [0.5, 0.6) is 0 Å². The first-order valence-corrected chi connectivity index (χ1v) is 12.8. The molecule has 3 N–H and O–H groups in total. The van der Waals surface area contributed by atoms with Crippen molar-refractivity contribution in [1.29, 1.82) is 0 Å². The lowest BCUT2D eigenvalue weighted by molar-refractivity contribution is 0.528. The van der Waals surface area contributed by atoms with Crippen molar-refractivity contribution < 1.29 is 12.8 Å². The van der Waals surface area contributed by atoms with E-state index in [1.54, 1.807) is 24.3 Å². The van der Waals surface area contributed by atoms with E-state index >= 15 is 0 Å². The molecule has 0 saturated heterocycles. The Bertz CT molecular complexity index is 1760. The maximum absolute atomic E-state index is 12.9. The molecule has 0 aliphatic carbocycles. The summed E-state index contributed by atoms with van der Waals surface area (Å²) in [7, 11) is -2.37. The molecule has 188 valence electrons. The molecule has 0 amide bonds. The van der Waals surface area contributed by atoms with Gasteiger partial charge < -0.3 is 15.1 Å². The zero-order valence-electron chi connectivity index (χ0n) is 20.3. The minimum Gasteiger partial charge on any atom is -0.408 e. The quantitative estimate of drug-likeness (QED) is 0.280. The lowest BCUT2D eigenvalue weighted by atomic mass is 10.2. The van der Waals surface area contributed by atoms with Crippen LogP contribution in [0.3, 0.4) is 0 Å². The first kappa shape index (κ1) is 24.1. The number of oxazole rings is 1. The Hall–Kier alpha value is -4.64. The van der Waals surface area contributed by atoms with E-state index in [2.05, 4.69) is 25.3 Å². The molecule has 2 heterocycles. The highest BCUT2D eigenvalue weighted by Gasteiger charge is 2.17. The molecule has 0 spiro atoms. The minimum atomic E-state index is -3.88. The molecule has 3 aromatic carbocycles. The van der Waals surface area contributed by atoms with E-state index in [0.29, 0.717) is 28.6 Å². The van der Waals surface area contributed by atoms with Crippen LogP contribution in [0.25, 0.3) is 11.1 Å². The molecule has 0 aliphatic rings. The van der Waals surface area contributed by atoms with Crippen LogP contribution in [0.2, 0.25) is 0 Å². The molecular formula is C26H24N6O4S. The molecule has 0 fully saturated rings. The van der Waals surface area contributed by atoms with Crippen molar-refractivity contribution in [1.82, 2.24) is 14.5 Å². The number of aryl methyl sites for hydroxylation is 3. The first-order chi connectivity index (χ1) is 17.7. The van der Waals surface area contributed by atoms with Crippen molar-refractivity contribution in [3.8, 4) is 0 Å². The van der Waals surface area contributed by atoms with Gasteiger partial charge in [-0.1, -0.05) is 17.7 Å². The topological polar surface area (TPSA) is 131 Å². The van der Waals surface area contributed by atoms with Crippen LogP contribution >= 0.6 is 0 Å². The summed E-state index contributed by atoms with van der Waals surface area (Å²) in [6.07, 6.45) is 0. The van der Waals surface area contributed by atoms with Gasteiger partial charge in [0.25, 0.3) is 10.0 Å². The van der Waals surface area contributed by atoms with Gasteiger partial charge in [-0.25, -0.2) is 18.2 Å². The highest BCUT2D eigenvalue weighted by Crippen LogP contribution is 2.24. The van der Waals surface area contributed by atoms with Gasteiger partial charge in [-0.3, -0.25) is 9.29 Å². The maximum atomic E-state index is 12.9. The summed E-state index contributed by atoms with van der Waals surface area (Å²) >= 11 is 0. The lowest BCUT2D eigenvalue weighted by Gasteiger charge is -2.12. The van der Waals surface area contributed by atoms with E-state index in [1.807, 2.05) is 44.2 Å². The monoisotopic (exact) mass is 516 g/mol. The molecule has 5 aromatic rings. The van der Waals surface area contributed by atoms with Gasteiger partial charge in [0.05, 0.1) is 10.4 Å². The summed E-state index contributed by atoms with van der Waals surface area (Å²) in [6.45, 7) is 3.90. The van der Waals surface area contributed by atoms with Crippen LogP contribution in [0.4, 0.5) is 28.8 Å². The molecule has 0 saturated carbocycles. The fourth-order valence-electron chi connectivity index (χ4n) is 3.71. The Morgan fingerprint density at radius 2 is 1.46 bits per heavy atom. The number of hydrogen-bond donors (Lipinski definition) is 3. The van der Waals surface area contributed by atoms with Gasteiger partial charge in [-0.05, 0) is 68.4 Å². The van der Waals surface area contributed by atoms with Crippen molar-refractivity contribution in [3.63, 3.8) is 0 Å².